The van der Waals surface area contributed by atoms with Gasteiger partial charge in [0.15, 0.2) is 6.04 Å². The molecule has 7 heteroatoms. The zero-order valence-electron chi connectivity index (χ0n) is 16.0. The molecule has 0 bridgehead atoms. The number of phenols is 1. The number of imide groups is 1. The summed E-state index contributed by atoms with van der Waals surface area (Å²) in [6.07, 6.45) is 0. The quantitative estimate of drug-likeness (QED) is 0.606. The van der Waals surface area contributed by atoms with Gasteiger partial charge in [-0.3, -0.25) is 10.1 Å². The highest BCUT2D eigenvalue weighted by atomic mass is 16.3. The largest absolute Gasteiger partial charge is 0.508 e. The summed E-state index contributed by atoms with van der Waals surface area (Å²) in [6.45, 7) is 5.48. The van der Waals surface area contributed by atoms with E-state index in [1.54, 1.807) is 12.1 Å². The molecule has 28 heavy (non-hydrogen) atoms. The predicted octanol–water partition coefficient (Wildman–Crippen LogP) is 0.512. The van der Waals surface area contributed by atoms with Crippen molar-refractivity contribution in [1.82, 2.24) is 10.6 Å². The molecular formula is C21H27N4O3+. The first kappa shape index (κ1) is 19.7. The van der Waals surface area contributed by atoms with Crippen molar-refractivity contribution in [1.29, 1.82) is 0 Å². The lowest BCUT2D eigenvalue weighted by atomic mass is 10.2. The van der Waals surface area contributed by atoms with Gasteiger partial charge < -0.3 is 20.2 Å². The molecule has 3 amide bonds. The number of nitrogens with zero attached hydrogens (tertiary/aromatic N) is 1. The Morgan fingerprint density at radius 3 is 2.36 bits per heavy atom. The fraction of sp³-hybridized carbons (Fsp3) is 0.333. The van der Waals surface area contributed by atoms with Gasteiger partial charge in [-0.2, -0.15) is 0 Å². The third kappa shape index (κ3) is 5.23. The van der Waals surface area contributed by atoms with Gasteiger partial charge in [0.05, 0.1) is 26.2 Å². The Kier molecular flexibility index (Phi) is 6.49. The number of quaternary nitrogens is 1. The Hall–Kier alpha value is -3.06. The van der Waals surface area contributed by atoms with Crippen LogP contribution < -0.4 is 20.4 Å². The Labute approximate surface area is 165 Å². The maximum absolute atomic E-state index is 12.4. The number of nitrogens with one attached hydrogen (secondary N) is 3. The van der Waals surface area contributed by atoms with Crippen LogP contribution in [0.25, 0.3) is 0 Å². The molecule has 4 N–H and O–H groups in total. The van der Waals surface area contributed by atoms with Crippen LogP contribution in [0.15, 0.2) is 54.6 Å². The zero-order valence-corrected chi connectivity index (χ0v) is 16.0. The second kappa shape index (κ2) is 9.23. The second-order valence-electron chi connectivity index (χ2n) is 7.04. The Bertz CT molecular complexity index is 787. The van der Waals surface area contributed by atoms with Gasteiger partial charge in [-0.05, 0) is 36.8 Å². The normalized spacial score (nSPS) is 15.7. The summed E-state index contributed by atoms with van der Waals surface area (Å²) in [6, 6.07) is 15.9. The molecule has 0 unspecified atom stereocenters. The van der Waals surface area contributed by atoms with E-state index in [-0.39, 0.29) is 17.7 Å². The molecule has 1 aliphatic rings. The number of rotatable bonds is 5. The van der Waals surface area contributed by atoms with Gasteiger partial charge >= 0.3 is 6.03 Å². The summed E-state index contributed by atoms with van der Waals surface area (Å²) >= 11 is 0. The number of benzene rings is 2. The zero-order chi connectivity index (χ0) is 19.9. The van der Waals surface area contributed by atoms with Gasteiger partial charge in [-0.1, -0.05) is 30.3 Å². The SMILES string of the molecule is C[C@H](C(=O)NC(=O)NCc1ccccc1)[NH+]1CCN(c2ccc(O)cc2)CC1. The lowest BCUT2D eigenvalue weighted by Crippen LogP contribution is -3.19. The summed E-state index contributed by atoms with van der Waals surface area (Å²) in [4.78, 5) is 27.8. The average Bonchev–Trinajstić information content (AvgIpc) is 2.73. The number of anilines is 1. The molecule has 0 aliphatic carbocycles. The molecule has 1 aliphatic heterocycles. The third-order valence-electron chi connectivity index (χ3n) is 5.16. The maximum atomic E-state index is 12.4. The van der Waals surface area contributed by atoms with Crippen molar-refractivity contribution in [3.63, 3.8) is 0 Å². The smallest absolute Gasteiger partial charge is 0.321 e. The molecule has 1 fully saturated rings. The first-order chi connectivity index (χ1) is 13.5. The van der Waals surface area contributed by atoms with Crippen LogP contribution in [0.3, 0.4) is 0 Å². The third-order valence-corrected chi connectivity index (χ3v) is 5.16. The molecule has 3 rings (SSSR count). The van der Waals surface area contributed by atoms with Crippen molar-refractivity contribution in [2.75, 3.05) is 31.1 Å². The second-order valence-corrected chi connectivity index (χ2v) is 7.04. The topological polar surface area (TPSA) is 86.1 Å². The predicted molar refractivity (Wildman–Crippen MR) is 107 cm³/mol. The van der Waals surface area contributed by atoms with Crippen LogP contribution in [0.5, 0.6) is 5.75 Å². The molecular weight excluding hydrogens is 356 g/mol. The van der Waals surface area contributed by atoms with E-state index in [0.717, 1.165) is 42.3 Å². The van der Waals surface area contributed by atoms with Crippen molar-refractivity contribution < 1.29 is 19.6 Å². The molecule has 0 spiro atoms. The number of carbonyl (C=O) groups excluding carboxylic acids is 2. The summed E-state index contributed by atoms with van der Waals surface area (Å²) in [5.74, 6) is -0.0116. The highest BCUT2D eigenvalue weighted by Gasteiger charge is 2.30. The first-order valence-corrected chi connectivity index (χ1v) is 9.54. The van der Waals surface area contributed by atoms with Crippen molar-refractivity contribution in [3.8, 4) is 5.75 Å². The lowest BCUT2D eigenvalue weighted by Gasteiger charge is -2.35. The van der Waals surface area contributed by atoms with Crippen molar-refractivity contribution in [2.45, 2.75) is 19.5 Å². The molecule has 1 saturated heterocycles. The molecule has 148 valence electrons. The minimum atomic E-state index is -0.470. The van der Waals surface area contributed by atoms with Crippen LogP contribution in [-0.4, -0.2) is 49.3 Å². The van der Waals surface area contributed by atoms with Crippen molar-refractivity contribution in [2.24, 2.45) is 0 Å². The Morgan fingerprint density at radius 1 is 1.07 bits per heavy atom. The molecule has 0 saturated carbocycles. The fourth-order valence-corrected chi connectivity index (χ4v) is 3.38. The minimum Gasteiger partial charge on any atom is -0.508 e. The summed E-state index contributed by atoms with van der Waals surface area (Å²) in [7, 11) is 0. The van der Waals surface area contributed by atoms with E-state index in [1.807, 2.05) is 49.4 Å². The van der Waals surface area contributed by atoms with Crippen LogP contribution >= 0.6 is 0 Å². The first-order valence-electron chi connectivity index (χ1n) is 9.54. The number of urea groups is 1. The number of carbonyl (C=O) groups is 2. The number of phenolic OH excluding ortho intramolecular Hbond substituents is 1. The standard InChI is InChI=1S/C21H26N4O3/c1-16(20(27)23-21(28)22-15-17-5-3-2-4-6-17)24-11-13-25(14-12-24)18-7-9-19(26)10-8-18/h2-10,16,26H,11-15H2,1H3,(H2,22,23,27,28)/p+1/t16-/m1/s1. The molecule has 2 aromatic carbocycles. The van der Waals surface area contributed by atoms with Gasteiger partial charge in [0.25, 0.3) is 5.91 Å². The van der Waals surface area contributed by atoms with Crippen LogP contribution in [-0.2, 0) is 11.3 Å². The highest BCUT2D eigenvalue weighted by Crippen LogP contribution is 2.18. The van der Waals surface area contributed by atoms with E-state index < -0.39 is 6.03 Å². The molecule has 7 nitrogen and oxygen atoms in total. The van der Waals surface area contributed by atoms with Gasteiger partial charge in [0.2, 0.25) is 0 Å². The summed E-state index contributed by atoms with van der Waals surface area (Å²) < 4.78 is 0. The van der Waals surface area contributed by atoms with Crippen molar-refractivity contribution >= 4 is 17.6 Å². The van der Waals surface area contributed by atoms with E-state index in [1.165, 1.54) is 0 Å². The van der Waals surface area contributed by atoms with Crippen LogP contribution in [0, 0.1) is 0 Å². The van der Waals surface area contributed by atoms with Crippen LogP contribution in [0.4, 0.5) is 10.5 Å². The maximum Gasteiger partial charge on any atom is 0.321 e. The molecule has 1 heterocycles. The lowest BCUT2D eigenvalue weighted by molar-refractivity contribution is -0.914. The summed E-state index contributed by atoms with van der Waals surface area (Å²) in [5.41, 5.74) is 2.04. The number of amides is 3. The van der Waals surface area contributed by atoms with Crippen molar-refractivity contribution in [3.05, 3.63) is 60.2 Å². The average molecular weight is 383 g/mol. The van der Waals surface area contributed by atoms with Gasteiger partial charge in [-0.15, -0.1) is 0 Å². The molecule has 1 atom stereocenters. The Balaban J connectivity index is 1.43. The fourth-order valence-electron chi connectivity index (χ4n) is 3.38. The molecule has 2 aromatic rings. The van der Waals surface area contributed by atoms with Gasteiger partial charge in [0, 0.05) is 12.2 Å². The van der Waals surface area contributed by atoms with E-state index in [9.17, 15) is 14.7 Å². The van der Waals surface area contributed by atoms with E-state index in [4.69, 9.17) is 0 Å². The van der Waals surface area contributed by atoms with E-state index >= 15 is 0 Å². The number of piperazine rings is 1. The van der Waals surface area contributed by atoms with Gasteiger partial charge in [-0.25, -0.2) is 4.79 Å². The summed E-state index contributed by atoms with van der Waals surface area (Å²) in [5, 5.41) is 14.6. The minimum absolute atomic E-state index is 0.254. The number of hydrogen-bond donors (Lipinski definition) is 4. The molecule has 0 radical (unpaired) electrons. The van der Waals surface area contributed by atoms with Crippen LogP contribution in [0.1, 0.15) is 12.5 Å². The number of hydrogen-bond acceptors (Lipinski definition) is 4. The van der Waals surface area contributed by atoms with E-state index in [0.29, 0.717) is 6.54 Å². The number of aromatic hydroxyl groups is 1. The monoisotopic (exact) mass is 383 g/mol. The van der Waals surface area contributed by atoms with Crippen LogP contribution in [0.2, 0.25) is 0 Å². The van der Waals surface area contributed by atoms with E-state index in [2.05, 4.69) is 15.5 Å². The Morgan fingerprint density at radius 2 is 1.71 bits per heavy atom. The van der Waals surface area contributed by atoms with Gasteiger partial charge in [0.1, 0.15) is 5.75 Å². The highest BCUT2D eigenvalue weighted by molar-refractivity contribution is 5.96. The molecule has 0 aromatic heterocycles.